The molecule has 16 heavy (non-hydrogen) atoms. The average Bonchev–Trinajstić information content (AvgIpc) is 2.28. The third-order valence-electron chi connectivity index (χ3n) is 2.34. The summed E-state index contributed by atoms with van der Waals surface area (Å²) in [4.78, 5) is 11.4. The van der Waals surface area contributed by atoms with Crippen molar-refractivity contribution in [2.24, 2.45) is 11.5 Å². The summed E-state index contributed by atoms with van der Waals surface area (Å²) in [5, 5.41) is 0. The van der Waals surface area contributed by atoms with Crippen molar-refractivity contribution < 1.29 is 9.53 Å². The van der Waals surface area contributed by atoms with Crippen LogP contribution in [0.3, 0.4) is 0 Å². The third-order valence-corrected chi connectivity index (χ3v) is 2.34. The number of carbonyl (C=O) groups is 1. The van der Waals surface area contributed by atoms with Crippen molar-refractivity contribution >= 4 is 5.97 Å². The largest absolute Gasteiger partial charge is 0.465 e. The van der Waals surface area contributed by atoms with Crippen molar-refractivity contribution in [3.05, 3.63) is 34.9 Å². The van der Waals surface area contributed by atoms with Crippen molar-refractivity contribution in [1.29, 1.82) is 0 Å². The Balaban J connectivity index is 3.02. The Bertz CT molecular complexity index is 340. The van der Waals surface area contributed by atoms with Gasteiger partial charge in [0.15, 0.2) is 0 Å². The molecule has 0 aliphatic heterocycles. The standard InChI is InChI=1S/C12H18N2O2/c1-16-12(15)11-7-9(2-4-13)6-10(8-11)3-5-14/h6-8H,2-5,13-14H2,1H3. The molecule has 0 radical (unpaired) electrons. The minimum atomic E-state index is -0.322. The van der Waals surface area contributed by atoms with Crippen LogP contribution in [-0.4, -0.2) is 26.2 Å². The van der Waals surface area contributed by atoms with E-state index in [0.29, 0.717) is 18.7 Å². The van der Waals surface area contributed by atoms with Gasteiger partial charge in [0, 0.05) is 0 Å². The monoisotopic (exact) mass is 222 g/mol. The normalized spacial score (nSPS) is 10.2. The topological polar surface area (TPSA) is 78.3 Å². The quantitative estimate of drug-likeness (QED) is 0.710. The minimum Gasteiger partial charge on any atom is -0.465 e. The highest BCUT2D eigenvalue weighted by Gasteiger charge is 2.08. The fourth-order valence-corrected chi connectivity index (χ4v) is 1.62. The summed E-state index contributed by atoms with van der Waals surface area (Å²) in [6, 6.07) is 5.67. The van der Waals surface area contributed by atoms with Crippen molar-refractivity contribution in [2.75, 3.05) is 20.2 Å². The molecule has 0 spiro atoms. The van der Waals surface area contributed by atoms with Crippen LogP contribution < -0.4 is 11.5 Å². The molecule has 0 fully saturated rings. The van der Waals surface area contributed by atoms with Gasteiger partial charge in [0.05, 0.1) is 12.7 Å². The van der Waals surface area contributed by atoms with E-state index >= 15 is 0 Å². The van der Waals surface area contributed by atoms with Gasteiger partial charge in [-0.25, -0.2) is 4.79 Å². The van der Waals surface area contributed by atoms with Gasteiger partial charge >= 0.3 is 5.97 Å². The Morgan fingerprint density at radius 1 is 1.12 bits per heavy atom. The predicted octanol–water partition coefficient (Wildman–Crippen LogP) is 0.476. The first kappa shape index (κ1) is 12.7. The lowest BCUT2D eigenvalue weighted by atomic mass is 10.0. The number of esters is 1. The smallest absolute Gasteiger partial charge is 0.337 e. The molecule has 0 heterocycles. The maximum Gasteiger partial charge on any atom is 0.337 e. The molecular formula is C12H18N2O2. The molecule has 0 amide bonds. The molecule has 0 aliphatic rings. The maximum atomic E-state index is 11.4. The summed E-state index contributed by atoms with van der Waals surface area (Å²) >= 11 is 0. The number of hydrogen-bond acceptors (Lipinski definition) is 4. The van der Waals surface area contributed by atoms with Crippen molar-refractivity contribution in [3.63, 3.8) is 0 Å². The highest BCUT2D eigenvalue weighted by atomic mass is 16.5. The molecule has 0 unspecified atom stereocenters. The van der Waals surface area contributed by atoms with Gasteiger partial charge in [-0.1, -0.05) is 6.07 Å². The molecule has 0 aliphatic carbocycles. The van der Waals surface area contributed by atoms with Crippen molar-refractivity contribution in [3.8, 4) is 0 Å². The zero-order valence-corrected chi connectivity index (χ0v) is 9.53. The van der Waals surface area contributed by atoms with Crippen molar-refractivity contribution in [1.82, 2.24) is 0 Å². The van der Waals surface area contributed by atoms with Gasteiger partial charge in [0.2, 0.25) is 0 Å². The van der Waals surface area contributed by atoms with Gasteiger partial charge in [0.25, 0.3) is 0 Å². The van der Waals surface area contributed by atoms with Gasteiger partial charge in [-0.15, -0.1) is 0 Å². The molecule has 88 valence electrons. The first-order valence-corrected chi connectivity index (χ1v) is 5.32. The number of benzene rings is 1. The molecule has 0 aromatic heterocycles. The summed E-state index contributed by atoms with van der Waals surface area (Å²) < 4.78 is 4.70. The predicted molar refractivity (Wildman–Crippen MR) is 63.3 cm³/mol. The highest BCUT2D eigenvalue weighted by molar-refractivity contribution is 5.89. The van der Waals surface area contributed by atoms with Crippen LogP contribution in [0.2, 0.25) is 0 Å². The van der Waals surface area contributed by atoms with Crippen LogP contribution >= 0.6 is 0 Å². The highest BCUT2D eigenvalue weighted by Crippen LogP contribution is 2.12. The number of hydrogen-bond donors (Lipinski definition) is 2. The summed E-state index contributed by atoms with van der Waals surface area (Å²) in [7, 11) is 1.38. The lowest BCUT2D eigenvalue weighted by molar-refractivity contribution is 0.0600. The summed E-state index contributed by atoms with van der Waals surface area (Å²) in [6.45, 7) is 1.12. The van der Waals surface area contributed by atoms with Crippen LogP contribution in [0, 0.1) is 0 Å². The number of carbonyl (C=O) groups excluding carboxylic acids is 1. The second-order valence-corrected chi connectivity index (χ2v) is 3.61. The second kappa shape index (κ2) is 6.25. The Labute approximate surface area is 95.6 Å². The minimum absolute atomic E-state index is 0.322. The molecule has 4 N–H and O–H groups in total. The lowest BCUT2D eigenvalue weighted by Crippen LogP contribution is -2.09. The van der Waals surface area contributed by atoms with E-state index in [1.807, 2.05) is 18.2 Å². The molecular weight excluding hydrogens is 204 g/mol. The van der Waals surface area contributed by atoms with Gasteiger partial charge in [-0.2, -0.15) is 0 Å². The van der Waals surface area contributed by atoms with Crippen LogP contribution in [0.5, 0.6) is 0 Å². The third kappa shape index (κ3) is 3.32. The number of rotatable bonds is 5. The maximum absolute atomic E-state index is 11.4. The summed E-state index contributed by atoms with van der Waals surface area (Å²) in [5.41, 5.74) is 13.7. The Hall–Kier alpha value is -1.39. The van der Waals surface area contributed by atoms with E-state index in [0.717, 1.165) is 24.0 Å². The number of ether oxygens (including phenoxy) is 1. The summed E-state index contributed by atoms with van der Waals surface area (Å²) in [6.07, 6.45) is 1.50. The molecule has 1 aromatic rings. The molecule has 1 rings (SSSR count). The molecule has 4 heteroatoms. The fourth-order valence-electron chi connectivity index (χ4n) is 1.62. The number of methoxy groups -OCH3 is 1. The summed E-state index contributed by atoms with van der Waals surface area (Å²) in [5.74, 6) is -0.322. The SMILES string of the molecule is COC(=O)c1cc(CCN)cc(CCN)c1. The van der Waals surface area contributed by atoms with Crippen LogP contribution in [0.25, 0.3) is 0 Å². The Kier molecular flexibility index (Phi) is 4.95. The van der Waals surface area contributed by atoms with Crippen LogP contribution in [-0.2, 0) is 17.6 Å². The van der Waals surface area contributed by atoms with Crippen LogP contribution in [0.4, 0.5) is 0 Å². The van der Waals surface area contributed by atoms with E-state index in [-0.39, 0.29) is 5.97 Å². The van der Waals surface area contributed by atoms with Crippen LogP contribution in [0.1, 0.15) is 21.5 Å². The molecule has 4 nitrogen and oxygen atoms in total. The Morgan fingerprint density at radius 2 is 1.62 bits per heavy atom. The van der Waals surface area contributed by atoms with E-state index in [2.05, 4.69) is 0 Å². The van der Waals surface area contributed by atoms with Crippen molar-refractivity contribution in [2.45, 2.75) is 12.8 Å². The van der Waals surface area contributed by atoms with E-state index in [9.17, 15) is 4.79 Å². The van der Waals surface area contributed by atoms with E-state index < -0.39 is 0 Å². The lowest BCUT2D eigenvalue weighted by Gasteiger charge is -2.07. The van der Waals surface area contributed by atoms with Gasteiger partial charge in [-0.05, 0) is 49.2 Å². The first-order chi connectivity index (χ1) is 7.71. The average molecular weight is 222 g/mol. The molecule has 0 bridgehead atoms. The molecule has 0 saturated heterocycles. The number of nitrogens with two attached hydrogens (primary N) is 2. The van der Waals surface area contributed by atoms with Crippen LogP contribution in [0.15, 0.2) is 18.2 Å². The van der Waals surface area contributed by atoms with Gasteiger partial charge in [0.1, 0.15) is 0 Å². The zero-order chi connectivity index (χ0) is 12.0. The van der Waals surface area contributed by atoms with E-state index in [1.54, 1.807) is 0 Å². The fraction of sp³-hybridized carbons (Fsp3) is 0.417. The second-order valence-electron chi connectivity index (χ2n) is 3.61. The van der Waals surface area contributed by atoms with E-state index in [1.165, 1.54) is 7.11 Å². The van der Waals surface area contributed by atoms with Gasteiger partial charge in [-0.3, -0.25) is 0 Å². The molecule has 0 saturated carbocycles. The zero-order valence-electron chi connectivity index (χ0n) is 9.53. The van der Waals surface area contributed by atoms with Gasteiger partial charge < -0.3 is 16.2 Å². The Morgan fingerprint density at radius 3 is 2.00 bits per heavy atom. The van der Waals surface area contributed by atoms with E-state index in [4.69, 9.17) is 16.2 Å². The first-order valence-electron chi connectivity index (χ1n) is 5.32. The molecule has 1 aromatic carbocycles. The molecule has 0 atom stereocenters.